The Labute approximate surface area is 97.3 Å². The molecule has 0 saturated carbocycles. The third kappa shape index (κ3) is 3.28. The number of H-pyrrole nitrogens is 1. The summed E-state index contributed by atoms with van der Waals surface area (Å²) in [7, 11) is 1.88. The molecular formula is C10H15N3O4. The summed E-state index contributed by atoms with van der Waals surface area (Å²) >= 11 is 0. The number of aromatic amines is 1. The largest absolute Gasteiger partial charge is 0.477 e. The molecule has 1 aromatic heterocycles. The van der Waals surface area contributed by atoms with Crippen molar-refractivity contribution in [3.63, 3.8) is 0 Å². The highest BCUT2D eigenvalue weighted by atomic mass is 16.4. The number of aromatic carboxylic acids is 1. The molecule has 1 heterocycles. The molecule has 1 rings (SSSR count). The fourth-order valence-corrected chi connectivity index (χ4v) is 1.26. The van der Waals surface area contributed by atoms with E-state index in [1.807, 2.05) is 23.9 Å². The topological polar surface area (TPSA) is 95.4 Å². The molecule has 0 spiro atoms. The lowest BCUT2D eigenvalue weighted by atomic mass is 10.3. The van der Waals surface area contributed by atoms with Crippen LogP contribution in [0.3, 0.4) is 0 Å². The number of carboxylic acids is 1. The molecular weight excluding hydrogens is 226 g/mol. The van der Waals surface area contributed by atoms with Crippen LogP contribution in [-0.2, 0) is 6.54 Å². The molecule has 7 heteroatoms. The summed E-state index contributed by atoms with van der Waals surface area (Å²) in [5, 5.41) is 8.76. The van der Waals surface area contributed by atoms with Crippen molar-refractivity contribution in [2.75, 3.05) is 20.1 Å². The van der Waals surface area contributed by atoms with E-state index in [0.717, 1.165) is 12.7 Å². The Morgan fingerprint density at radius 1 is 1.53 bits per heavy atom. The average molecular weight is 241 g/mol. The van der Waals surface area contributed by atoms with Gasteiger partial charge in [-0.3, -0.25) is 14.3 Å². The normalized spacial score (nSPS) is 10.8. The highest BCUT2D eigenvalue weighted by Crippen LogP contribution is 1.89. The Kier molecular flexibility index (Phi) is 4.22. The van der Waals surface area contributed by atoms with Gasteiger partial charge in [0.25, 0.3) is 5.56 Å². The van der Waals surface area contributed by atoms with E-state index < -0.39 is 22.8 Å². The van der Waals surface area contributed by atoms with Crippen molar-refractivity contribution >= 4 is 5.97 Å². The van der Waals surface area contributed by atoms with Crippen LogP contribution in [0.25, 0.3) is 0 Å². The predicted molar refractivity (Wildman–Crippen MR) is 61.5 cm³/mol. The highest BCUT2D eigenvalue weighted by Gasteiger charge is 2.11. The first kappa shape index (κ1) is 13.2. The Morgan fingerprint density at radius 3 is 2.71 bits per heavy atom. The monoisotopic (exact) mass is 241 g/mol. The minimum absolute atomic E-state index is 0.334. The highest BCUT2D eigenvalue weighted by molar-refractivity contribution is 5.86. The summed E-state index contributed by atoms with van der Waals surface area (Å²) in [6, 6.07) is 0. The number of carboxylic acid groups (broad SMARTS) is 1. The van der Waals surface area contributed by atoms with Crippen molar-refractivity contribution in [3.8, 4) is 0 Å². The number of rotatable bonds is 5. The number of nitrogens with one attached hydrogen (secondary N) is 1. The van der Waals surface area contributed by atoms with Crippen LogP contribution in [0.1, 0.15) is 17.3 Å². The molecule has 17 heavy (non-hydrogen) atoms. The summed E-state index contributed by atoms with van der Waals surface area (Å²) < 4.78 is 1.19. The van der Waals surface area contributed by atoms with E-state index in [0.29, 0.717) is 13.1 Å². The lowest BCUT2D eigenvalue weighted by Gasteiger charge is -2.14. The molecule has 0 unspecified atom stereocenters. The third-order valence-electron chi connectivity index (χ3n) is 2.50. The van der Waals surface area contributed by atoms with Gasteiger partial charge in [0.15, 0.2) is 0 Å². The van der Waals surface area contributed by atoms with Gasteiger partial charge >= 0.3 is 11.7 Å². The van der Waals surface area contributed by atoms with Gasteiger partial charge in [-0.2, -0.15) is 0 Å². The zero-order chi connectivity index (χ0) is 13.0. The second kappa shape index (κ2) is 5.44. The summed E-state index contributed by atoms with van der Waals surface area (Å²) in [5.41, 5.74) is -1.89. The van der Waals surface area contributed by atoms with Crippen molar-refractivity contribution in [1.29, 1.82) is 0 Å². The van der Waals surface area contributed by atoms with Gasteiger partial charge in [-0.25, -0.2) is 9.59 Å². The van der Waals surface area contributed by atoms with E-state index in [1.54, 1.807) is 0 Å². The van der Waals surface area contributed by atoms with Gasteiger partial charge in [0.1, 0.15) is 5.56 Å². The minimum Gasteiger partial charge on any atom is -0.477 e. The smallest absolute Gasteiger partial charge is 0.342 e. The molecule has 0 aliphatic carbocycles. The van der Waals surface area contributed by atoms with Crippen LogP contribution in [0.15, 0.2) is 15.8 Å². The van der Waals surface area contributed by atoms with E-state index >= 15 is 0 Å². The van der Waals surface area contributed by atoms with Crippen LogP contribution in [0.4, 0.5) is 0 Å². The van der Waals surface area contributed by atoms with Crippen LogP contribution < -0.4 is 11.2 Å². The molecule has 0 bridgehead atoms. The van der Waals surface area contributed by atoms with Gasteiger partial charge in [-0.05, 0) is 13.6 Å². The second-order valence-corrected chi connectivity index (χ2v) is 3.70. The zero-order valence-electron chi connectivity index (χ0n) is 9.77. The SMILES string of the molecule is CCN(C)CCn1cc(C(=O)O)c(=O)[nH]c1=O. The van der Waals surface area contributed by atoms with Crippen molar-refractivity contribution in [3.05, 3.63) is 32.6 Å². The standard InChI is InChI=1S/C10H15N3O4/c1-3-12(2)4-5-13-6-7(9(15)16)8(14)11-10(13)17/h6H,3-5H2,1-2H3,(H,15,16)(H,11,14,17). The van der Waals surface area contributed by atoms with E-state index in [9.17, 15) is 14.4 Å². The molecule has 0 radical (unpaired) electrons. The van der Waals surface area contributed by atoms with Gasteiger partial charge in [-0.1, -0.05) is 6.92 Å². The maximum atomic E-state index is 11.4. The van der Waals surface area contributed by atoms with Crippen molar-refractivity contribution in [2.45, 2.75) is 13.5 Å². The Balaban J connectivity index is 3.00. The average Bonchev–Trinajstić information content (AvgIpc) is 2.26. The summed E-state index contributed by atoms with van der Waals surface area (Å²) in [5.74, 6) is -1.34. The van der Waals surface area contributed by atoms with Gasteiger partial charge < -0.3 is 10.0 Å². The predicted octanol–water partition coefficient (Wildman–Crippen LogP) is -0.813. The molecule has 0 atom stereocenters. The number of hydrogen-bond acceptors (Lipinski definition) is 4. The number of hydrogen-bond donors (Lipinski definition) is 2. The lowest BCUT2D eigenvalue weighted by molar-refractivity contribution is 0.0693. The summed E-state index contributed by atoms with van der Waals surface area (Å²) in [6.07, 6.45) is 1.08. The second-order valence-electron chi connectivity index (χ2n) is 3.70. The van der Waals surface area contributed by atoms with Gasteiger partial charge in [0.2, 0.25) is 0 Å². The van der Waals surface area contributed by atoms with E-state index in [2.05, 4.69) is 0 Å². The first-order valence-electron chi connectivity index (χ1n) is 5.21. The minimum atomic E-state index is -1.34. The third-order valence-corrected chi connectivity index (χ3v) is 2.50. The first-order chi connectivity index (χ1) is 7.95. The molecule has 2 N–H and O–H groups in total. The molecule has 0 fully saturated rings. The van der Waals surface area contributed by atoms with Gasteiger partial charge in [0, 0.05) is 19.3 Å². The van der Waals surface area contributed by atoms with Crippen LogP contribution in [0.5, 0.6) is 0 Å². The van der Waals surface area contributed by atoms with Crippen LogP contribution in [-0.4, -0.2) is 45.7 Å². The number of nitrogens with zero attached hydrogens (tertiary/aromatic N) is 2. The molecule has 0 amide bonds. The number of likely N-dealkylation sites (N-methyl/N-ethyl adjacent to an activating group) is 1. The van der Waals surface area contributed by atoms with Crippen LogP contribution in [0, 0.1) is 0 Å². The first-order valence-corrected chi connectivity index (χ1v) is 5.21. The number of carbonyl (C=O) groups is 1. The quantitative estimate of drug-likeness (QED) is 0.702. The zero-order valence-corrected chi connectivity index (χ0v) is 9.77. The maximum absolute atomic E-state index is 11.4. The Bertz CT molecular complexity index is 517. The number of aromatic nitrogens is 2. The fourth-order valence-electron chi connectivity index (χ4n) is 1.26. The van der Waals surface area contributed by atoms with Crippen molar-refractivity contribution in [1.82, 2.24) is 14.5 Å². The molecule has 0 aromatic carbocycles. The van der Waals surface area contributed by atoms with Crippen LogP contribution >= 0.6 is 0 Å². The van der Waals surface area contributed by atoms with Crippen molar-refractivity contribution < 1.29 is 9.90 Å². The van der Waals surface area contributed by atoms with E-state index in [-0.39, 0.29) is 0 Å². The molecule has 0 saturated heterocycles. The van der Waals surface area contributed by atoms with Crippen LogP contribution in [0.2, 0.25) is 0 Å². The fraction of sp³-hybridized carbons (Fsp3) is 0.500. The van der Waals surface area contributed by atoms with Crippen molar-refractivity contribution in [2.24, 2.45) is 0 Å². The summed E-state index contributed by atoms with van der Waals surface area (Å²) in [4.78, 5) is 37.3. The van der Waals surface area contributed by atoms with Gasteiger partial charge in [-0.15, -0.1) is 0 Å². The molecule has 0 aliphatic heterocycles. The summed E-state index contributed by atoms with van der Waals surface area (Å²) in [6.45, 7) is 3.73. The van der Waals surface area contributed by atoms with Gasteiger partial charge in [0.05, 0.1) is 0 Å². The Morgan fingerprint density at radius 2 is 2.18 bits per heavy atom. The molecule has 0 aliphatic rings. The molecule has 94 valence electrons. The maximum Gasteiger partial charge on any atom is 0.342 e. The van der Waals surface area contributed by atoms with E-state index in [4.69, 9.17) is 5.11 Å². The molecule has 7 nitrogen and oxygen atoms in total. The Hall–Kier alpha value is -1.89. The lowest BCUT2D eigenvalue weighted by Crippen LogP contribution is -2.35. The molecule has 1 aromatic rings. The van der Waals surface area contributed by atoms with E-state index in [1.165, 1.54) is 4.57 Å².